The summed E-state index contributed by atoms with van der Waals surface area (Å²) in [6.07, 6.45) is 2.38. The summed E-state index contributed by atoms with van der Waals surface area (Å²) in [5.41, 5.74) is 1.28. The molecule has 0 atom stereocenters. The summed E-state index contributed by atoms with van der Waals surface area (Å²) in [4.78, 5) is 38.8. The van der Waals surface area contributed by atoms with Gasteiger partial charge < -0.3 is 19.7 Å². The molecule has 0 saturated carbocycles. The van der Waals surface area contributed by atoms with E-state index in [2.05, 4.69) is 15.5 Å². The smallest absolute Gasteiger partial charge is 0.410 e. The second kappa shape index (κ2) is 10.5. The Kier molecular flexibility index (Phi) is 7.73. The zero-order valence-corrected chi connectivity index (χ0v) is 19.7. The van der Waals surface area contributed by atoms with Crippen molar-refractivity contribution in [2.75, 3.05) is 25.0 Å². The van der Waals surface area contributed by atoms with Crippen molar-refractivity contribution in [3.63, 3.8) is 0 Å². The van der Waals surface area contributed by atoms with Gasteiger partial charge in [0.15, 0.2) is 11.5 Å². The van der Waals surface area contributed by atoms with Gasteiger partial charge in [0.05, 0.1) is 12.1 Å². The number of nitrogens with one attached hydrogen (secondary N) is 2. The molecule has 9 heteroatoms. The number of Topliss-reactive ketones (excluding diaryl/α,β-unsaturated/α-hetero) is 1. The van der Waals surface area contributed by atoms with Crippen LogP contribution in [0.2, 0.25) is 0 Å². The van der Waals surface area contributed by atoms with Crippen LogP contribution in [0.1, 0.15) is 73.5 Å². The molecule has 1 heterocycles. The number of amides is 2. The third-order valence-electron chi connectivity index (χ3n) is 5.05. The van der Waals surface area contributed by atoms with E-state index in [4.69, 9.17) is 9.47 Å². The third-order valence-corrected chi connectivity index (χ3v) is 5.05. The lowest BCUT2D eigenvalue weighted by atomic mass is 9.94. The summed E-state index contributed by atoms with van der Waals surface area (Å²) in [5.74, 6) is 0.132. The van der Waals surface area contributed by atoms with Gasteiger partial charge in [0.25, 0.3) is 5.91 Å². The molecule has 2 N–H and O–H groups in total. The number of aromatic amines is 1. The standard InChI is InChI=1S/C24H32N4O5/c1-5-13-28(23(31)33-24(2,3)4)14-15-32-17-11-9-16(10-12-17)25-22(30)21-20-18(26-27-21)7-6-8-19(20)29/h9-12H,5-8,13-15H2,1-4H3,(H,25,30)(H,26,27). The highest BCUT2D eigenvalue weighted by molar-refractivity contribution is 6.12. The number of carbonyl (C=O) groups excluding carboxylic acids is 3. The molecule has 0 saturated heterocycles. The quantitative estimate of drug-likeness (QED) is 0.615. The van der Waals surface area contributed by atoms with Gasteiger partial charge in [0.1, 0.15) is 18.0 Å². The molecule has 2 aromatic rings. The molecule has 0 unspecified atom stereocenters. The molecule has 178 valence electrons. The van der Waals surface area contributed by atoms with Crippen LogP contribution in [0.3, 0.4) is 0 Å². The van der Waals surface area contributed by atoms with Gasteiger partial charge in [-0.05, 0) is 64.3 Å². The molecule has 1 aromatic heterocycles. The maximum atomic E-state index is 12.6. The van der Waals surface area contributed by atoms with E-state index in [1.807, 2.05) is 27.7 Å². The summed E-state index contributed by atoms with van der Waals surface area (Å²) in [6.45, 7) is 8.81. The Labute approximate surface area is 193 Å². The molecule has 1 aromatic carbocycles. The number of aryl methyl sites for hydroxylation is 1. The predicted octanol–water partition coefficient (Wildman–Crippen LogP) is 4.21. The van der Waals surface area contributed by atoms with Crippen LogP contribution in [0.25, 0.3) is 0 Å². The maximum Gasteiger partial charge on any atom is 0.410 e. The van der Waals surface area contributed by atoms with Gasteiger partial charge in [0.2, 0.25) is 0 Å². The Hall–Kier alpha value is -3.36. The monoisotopic (exact) mass is 456 g/mol. The van der Waals surface area contributed by atoms with Gasteiger partial charge in [-0.2, -0.15) is 5.10 Å². The molecule has 0 radical (unpaired) electrons. The number of anilines is 1. The van der Waals surface area contributed by atoms with Crippen LogP contribution in [0, 0.1) is 0 Å². The zero-order chi connectivity index (χ0) is 24.0. The van der Waals surface area contributed by atoms with Crippen LogP contribution in [-0.2, 0) is 11.2 Å². The molecule has 1 aliphatic rings. The van der Waals surface area contributed by atoms with Crippen LogP contribution in [0.15, 0.2) is 24.3 Å². The van der Waals surface area contributed by atoms with Crippen molar-refractivity contribution in [3.8, 4) is 5.75 Å². The van der Waals surface area contributed by atoms with E-state index in [-0.39, 0.29) is 17.6 Å². The average molecular weight is 457 g/mol. The van der Waals surface area contributed by atoms with E-state index in [9.17, 15) is 14.4 Å². The largest absolute Gasteiger partial charge is 0.492 e. The summed E-state index contributed by atoms with van der Waals surface area (Å²) in [6, 6.07) is 6.90. The summed E-state index contributed by atoms with van der Waals surface area (Å²) in [7, 11) is 0. The normalized spacial score (nSPS) is 13.3. The van der Waals surface area contributed by atoms with Crippen LogP contribution >= 0.6 is 0 Å². The van der Waals surface area contributed by atoms with Crippen molar-refractivity contribution in [1.29, 1.82) is 0 Å². The van der Waals surface area contributed by atoms with E-state index >= 15 is 0 Å². The number of hydrogen-bond donors (Lipinski definition) is 2. The molecular formula is C24H32N4O5. The topological polar surface area (TPSA) is 114 Å². The Morgan fingerprint density at radius 1 is 1.15 bits per heavy atom. The first kappa shape index (κ1) is 24.3. The predicted molar refractivity (Wildman–Crippen MR) is 124 cm³/mol. The fraction of sp³-hybridized carbons (Fsp3) is 0.500. The highest BCUT2D eigenvalue weighted by atomic mass is 16.6. The number of H-pyrrole nitrogens is 1. The van der Waals surface area contributed by atoms with Crippen molar-refractivity contribution in [3.05, 3.63) is 41.2 Å². The highest BCUT2D eigenvalue weighted by Gasteiger charge is 2.27. The molecule has 9 nitrogen and oxygen atoms in total. The second-order valence-corrected chi connectivity index (χ2v) is 9.00. The van der Waals surface area contributed by atoms with Gasteiger partial charge in [0, 0.05) is 24.3 Å². The number of fused-ring (bicyclic) bond motifs is 1. The molecule has 1 aliphatic carbocycles. The van der Waals surface area contributed by atoms with Crippen molar-refractivity contribution in [2.45, 2.75) is 59.0 Å². The van der Waals surface area contributed by atoms with E-state index in [1.165, 1.54) is 0 Å². The number of ether oxygens (including phenoxy) is 2. The van der Waals surface area contributed by atoms with Crippen LogP contribution in [0.5, 0.6) is 5.75 Å². The Bertz CT molecular complexity index is 991. The highest BCUT2D eigenvalue weighted by Crippen LogP contribution is 2.23. The van der Waals surface area contributed by atoms with E-state index in [0.29, 0.717) is 43.1 Å². The molecule has 33 heavy (non-hydrogen) atoms. The van der Waals surface area contributed by atoms with Gasteiger partial charge in [-0.15, -0.1) is 0 Å². The third kappa shape index (κ3) is 6.57. The van der Waals surface area contributed by atoms with Crippen molar-refractivity contribution < 1.29 is 23.9 Å². The minimum atomic E-state index is -0.549. The van der Waals surface area contributed by atoms with Crippen LogP contribution in [-0.4, -0.2) is 58.2 Å². The van der Waals surface area contributed by atoms with Gasteiger partial charge in [-0.1, -0.05) is 6.92 Å². The number of nitrogens with zero attached hydrogens (tertiary/aromatic N) is 2. The minimum absolute atomic E-state index is 0.0533. The number of aromatic nitrogens is 2. The fourth-order valence-electron chi connectivity index (χ4n) is 3.56. The van der Waals surface area contributed by atoms with Crippen LogP contribution < -0.4 is 10.1 Å². The fourth-order valence-corrected chi connectivity index (χ4v) is 3.56. The number of benzene rings is 1. The molecule has 0 spiro atoms. The lowest BCUT2D eigenvalue weighted by Gasteiger charge is -2.27. The molecular weight excluding hydrogens is 424 g/mol. The lowest BCUT2D eigenvalue weighted by molar-refractivity contribution is 0.0226. The van der Waals surface area contributed by atoms with E-state index in [0.717, 1.165) is 25.0 Å². The van der Waals surface area contributed by atoms with E-state index in [1.54, 1.807) is 29.2 Å². The van der Waals surface area contributed by atoms with Crippen LogP contribution in [0.4, 0.5) is 10.5 Å². The average Bonchev–Trinajstić information content (AvgIpc) is 3.19. The Morgan fingerprint density at radius 3 is 2.55 bits per heavy atom. The summed E-state index contributed by atoms with van der Waals surface area (Å²) < 4.78 is 11.2. The minimum Gasteiger partial charge on any atom is -0.492 e. The molecule has 0 fully saturated rings. The van der Waals surface area contributed by atoms with Gasteiger partial charge in [-0.3, -0.25) is 14.7 Å². The first-order valence-electron chi connectivity index (χ1n) is 11.3. The first-order chi connectivity index (χ1) is 15.7. The van der Waals surface area contributed by atoms with Gasteiger partial charge in [-0.25, -0.2) is 4.79 Å². The Balaban J connectivity index is 1.53. The summed E-state index contributed by atoms with van der Waals surface area (Å²) >= 11 is 0. The number of ketones is 1. The molecule has 0 bridgehead atoms. The molecule has 2 amide bonds. The lowest BCUT2D eigenvalue weighted by Crippen LogP contribution is -2.39. The maximum absolute atomic E-state index is 12.6. The number of rotatable bonds is 8. The Morgan fingerprint density at radius 2 is 1.88 bits per heavy atom. The molecule has 0 aliphatic heterocycles. The number of hydrogen-bond acceptors (Lipinski definition) is 6. The van der Waals surface area contributed by atoms with E-state index < -0.39 is 11.5 Å². The van der Waals surface area contributed by atoms with Crippen molar-refractivity contribution in [1.82, 2.24) is 15.1 Å². The SMILES string of the molecule is CCCN(CCOc1ccc(NC(=O)c2n[nH]c3c2C(=O)CCC3)cc1)C(=O)OC(C)(C)C. The summed E-state index contributed by atoms with van der Waals surface area (Å²) in [5, 5.41) is 9.62. The van der Waals surface area contributed by atoms with Crippen molar-refractivity contribution >= 4 is 23.5 Å². The molecule has 3 rings (SSSR count). The zero-order valence-electron chi connectivity index (χ0n) is 19.7. The first-order valence-corrected chi connectivity index (χ1v) is 11.3. The second-order valence-electron chi connectivity index (χ2n) is 9.00. The van der Waals surface area contributed by atoms with Gasteiger partial charge >= 0.3 is 6.09 Å². The van der Waals surface area contributed by atoms with Crippen molar-refractivity contribution in [2.24, 2.45) is 0 Å². The number of carbonyl (C=O) groups is 3.